The largest absolute Gasteiger partial charge is 0.497 e. The first-order chi connectivity index (χ1) is 15.1. The lowest BCUT2D eigenvalue weighted by molar-refractivity contribution is -0.116. The Bertz CT molecular complexity index is 1170. The third-order valence-electron chi connectivity index (χ3n) is 6.08. The fourth-order valence-electron chi connectivity index (χ4n) is 4.53. The van der Waals surface area contributed by atoms with Crippen molar-refractivity contribution in [2.45, 2.75) is 24.8 Å². The van der Waals surface area contributed by atoms with Crippen LogP contribution in [-0.2, 0) is 4.79 Å². The van der Waals surface area contributed by atoms with E-state index in [9.17, 15) is 4.79 Å². The van der Waals surface area contributed by atoms with Crippen LogP contribution in [0.15, 0.2) is 84.1 Å². The molecular weight excluding hydrogens is 408 g/mol. The van der Waals surface area contributed by atoms with Crippen molar-refractivity contribution in [3.63, 3.8) is 0 Å². The molecule has 2 atom stereocenters. The minimum atomic E-state index is -0.234. The van der Waals surface area contributed by atoms with Crippen molar-refractivity contribution in [3.05, 3.63) is 100 Å². The number of methoxy groups -OCH3 is 1. The van der Waals surface area contributed by atoms with Crippen molar-refractivity contribution in [1.29, 1.82) is 0 Å². The summed E-state index contributed by atoms with van der Waals surface area (Å²) in [7, 11) is 1.66. The molecule has 2 aliphatic rings. The maximum atomic E-state index is 13.5. The third-order valence-corrected chi connectivity index (χ3v) is 6.33. The summed E-state index contributed by atoms with van der Waals surface area (Å²) in [6, 6.07) is 23.6. The van der Waals surface area contributed by atoms with E-state index < -0.39 is 0 Å². The molecule has 1 aliphatic carbocycles. The van der Waals surface area contributed by atoms with E-state index >= 15 is 0 Å². The van der Waals surface area contributed by atoms with E-state index in [1.165, 1.54) is 0 Å². The molecule has 1 heterocycles. The Morgan fingerprint density at radius 1 is 0.903 bits per heavy atom. The second kappa shape index (κ2) is 8.12. The standard InChI is InChI=1S/C26H23ClN2O2/c1-31-20-6-4-5-17(13-20)18-14-23-25(24(30)15-18)26(16-9-11-19(27)12-10-16)29-22-8-3-2-7-21(22)28-23/h2-13,18,26,28-29H,14-15H2,1H3/t18-,26+/m1/s1. The first kappa shape index (κ1) is 19.7. The van der Waals surface area contributed by atoms with Gasteiger partial charge in [-0.25, -0.2) is 0 Å². The van der Waals surface area contributed by atoms with Crippen LogP contribution in [0.25, 0.3) is 0 Å². The predicted molar refractivity (Wildman–Crippen MR) is 125 cm³/mol. The lowest BCUT2D eigenvalue weighted by atomic mass is 9.78. The zero-order chi connectivity index (χ0) is 21.4. The molecular formula is C26H23ClN2O2. The van der Waals surface area contributed by atoms with Gasteiger partial charge >= 0.3 is 0 Å². The number of benzene rings is 3. The maximum absolute atomic E-state index is 13.5. The van der Waals surface area contributed by atoms with Crippen LogP contribution >= 0.6 is 11.6 Å². The smallest absolute Gasteiger partial charge is 0.163 e. The predicted octanol–water partition coefficient (Wildman–Crippen LogP) is 6.33. The Morgan fingerprint density at radius 3 is 2.45 bits per heavy atom. The highest BCUT2D eigenvalue weighted by Crippen LogP contribution is 2.44. The molecule has 0 bridgehead atoms. The zero-order valence-corrected chi connectivity index (χ0v) is 17.9. The Balaban J connectivity index is 1.59. The second-order valence-electron chi connectivity index (χ2n) is 8.00. The van der Waals surface area contributed by atoms with Gasteiger partial charge in [-0.05, 0) is 59.9 Å². The number of nitrogens with one attached hydrogen (secondary N) is 2. The summed E-state index contributed by atoms with van der Waals surface area (Å²) in [5.41, 5.74) is 5.87. The zero-order valence-electron chi connectivity index (χ0n) is 17.2. The highest BCUT2D eigenvalue weighted by atomic mass is 35.5. The lowest BCUT2D eigenvalue weighted by Gasteiger charge is -2.30. The number of halogens is 1. The minimum Gasteiger partial charge on any atom is -0.497 e. The number of fused-ring (bicyclic) bond motifs is 1. The summed E-state index contributed by atoms with van der Waals surface area (Å²) >= 11 is 6.12. The highest BCUT2D eigenvalue weighted by molar-refractivity contribution is 6.30. The first-order valence-electron chi connectivity index (χ1n) is 10.4. The summed E-state index contributed by atoms with van der Waals surface area (Å²) < 4.78 is 5.40. The Morgan fingerprint density at radius 2 is 1.68 bits per heavy atom. The van der Waals surface area contributed by atoms with Crippen molar-refractivity contribution in [2.24, 2.45) is 0 Å². The number of rotatable bonds is 3. The lowest BCUT2D eigenvalue weighted by Crippen LogP contribution is -2.26. The number of carbonyl (C=O) groups excluding carboxylic acids is 1. The van der Waals surface area contributed by atoms with E-state index in [0.29, 0.717) is 11.4 Å². The number of anilines is 2. The van der Waals surface area contributed by atoms with E-state index in [0.717, 1.165) is 45.9 Å². The van der Waals surface area contributed by atoms with E-state index in [1.807, 2.05) is 66.7 Å². The quantitative estimate of drug-likeness (QED) is 0.509. The summed E-state index contributed by atoms with van der Waals surface area (Å²) in [6.07, 6.45) is 1.23. The van der Waals surface area contributed by atoms with Gasteiger partial charge < -0.3 is 15.4 Å². The number of hydrogen-bond acceptors (Lipinski definition) is 4. The summed E-state index contributed by atoms with van der Waals surface area (Å²) in [4.78, 5) is 13.5. The fraction of sp³-hybridized carbons (Fsp3) is 0.192. The van der Waals surface area contributed by atoms with Crippen LogP contribution in [0, 0.1) is 0 Å². The highest BCUT2D eigenvalue weighted by Gasteiger charge is 2.36. The van der Waals surface area contributed by atoms with Gasteiger partial charge in [0.1, 0.15) is 5.75 Å². The number of carbonyl (C=O) groups is 1. The van der Waals surface area contributed by atoms with Crippen molar-refractivity contribution in [1.82, 2.24) is 0 Å². The first-order valence-corrected chi connectivity index (χ1v) is 10.8. The van der Waals surface area contributed by atoms with Gasteiger partial charge in [-0.1, -0.05) is 48.0 Å². The minimum absolute atomic E-state index is 0.102. The van der Waals surface area contributed by atoms with Crippen LogP contribution in [-0.4, -0.2) is 12.9 Å². The van der Waals surface area contributed by atoms with E-state index in [-0.39, 0.29) is 17.7 Å². The molecule has 5 rings (SSSR count). The molecule has 0 aromatic heterocycles. The molecule has 0 unspecified atom stereocenters. The molecule has 0 amide bonds. The van der Waals surface area contributed by atoms with Gasteiger partial charge in [0.15, 0.2) is 5.78 Å². The molecule has 3 aromatic rings. The molecule has 156 valence electrons. The molecule has 31 heavy (non-hydrogen) atoms. The van der Waals surface area contributed by atoms with Gasteiger partial charge in [0.05, 0.1) is 24.5 Å². The third kappa shape index (κ3) is 3.79. The molecule has 1 aliphatic heterocycles. The summed E-state index contributed by atoms with van der Waals surface area (Å²) in [5.74, 6) is 1.07. The van der Waals surface area contributed by atoms with Crippen LogP contribution in [0.3, 0.4) is 0 Å². The van der Waals surface area contributed by atoms with Crippen molar-refractivity contribution < 1.29 is 9.53 Å². The van der Waals surface area contributed by atoms with Crippen LogP contribution < -0.4 is 15.4 Å². The molecule has 0 saturated heterocycles. The Hall–Kier alpha value is -3.24. The molecule has 3 aromatic carbocycles. The number of para-hydroxylation sites is 2. The fourth-order valence-corrected chi connectivity index (χ4v) is 4.65. The van der Waals surface area contributed by atoms with Gasteiger partial charge in [0, 0.05) is 22.7 Å². The Labute approximate surface area is 186 Å². The van der Waals surface area contributed by atoms with E-state index in [2.05, 4.69) is 16.7 Å². The topological polar surface area (TPSA) is 50.4 Å². The van der Waals surface area contributed by atoms with Crippen LogP contribution in [0.5, 0.6) is 5.75 Å². The normalized spacial score (nSPS) is 20.1. The van der Waals surface area contributed by atoms with Crippen molar-refractivity contribution in [2.75, 3.05) is 17.7 Å². The number of Topliss-reactive ketones (excluding diaryl/α,β-unsaturated/α-hetero) is 1. The molecule has 0 radical (unpaired) electrons. The van der Waals surface area contributed by atoms with Gasteiger partial charge in [0.25, 0.3) is 0 Å². The van der Waals surface area contributed by atoms with Gasteiger partial charge in [-0.3, -0.25) is 4.79 Å². The van der Waals surface area contributed by atoms with Gasteiger partial charge in [-0.15, -0.1) is 0 Å². The summed E-state index contributed by atoms with van der Waals surface area (Å²) in [5, 5.41) is 7.84. The van der Waals surface area contributed by atoms with Crippen LogP contribution in [0.2, 0.25) is 5.02 Å². The Kier molecular flexibility index (Phi) is 5.16. The number of allylic oxidation sites excluding steroid dienone is 1. The number of ether oxygens (including phenoxy) is 1. The monoisotopic (exact) mass is 430 g/mol. The van der Waals surface area contributed by atoms with Gasteiger partial charge in [0.2, 0.25) is 0 Å². The van der Waals surface area contributed by atoms with Crippen LogP contribution in [0.1, 0.15) is 35.9 Å². The molecule has 0 spiro atoms. The molecule has 5 heteroatoms. The maximum Gasteiger partial charge on any atom is 0.163 e. The average Bonchev–Trinajstić information content (AvgIpc) is 2.96. The van der Waals surface area contributed by atoms with Crippen molar-refractivity contribution in [3.8, 4) is 5.75 Å². The van der Waals surface area contributed by atoms with Crippen molar-refractivity contribution >= 4 is 28.8 Å². The molecule has 4 nitrogen and oxygen atoms in total. The van der Waals surface area contributed by atoms with Crippen LogP contribution in [0.4, 0.5) is 11.4 Å². The molecule has 0 fully saturated rings. The molecule has 2 N–H and O–H groups in total. The molecule has 0 saturated carbocycles. The number of hydrogen-bond donors (Lipinski definition) is 2. The second-order valence-corrected chi connectivity index (χ2v) is 8.43. The van der Waals surface area contributed by atoms with Gasteiger partial charge in [-0.2, -0.15) is 0 Å². The van der Waals surface area contributed by atoms with E-state index in [4.69, 9.17) is 16.3 Å². The SMILES string of the molecule is COc1cccc([C@H]2CC(=O)C3=C(C2)Nc2ccccc2N[C@H]3c2ccc(Cl)cc2)c1. The summed E-state index contributed by atoms with van der Waals surface area (Å²) in [6.45, 7) is 0. The number of ketones is 1. The van der Waals surface area contributed by atoms with E-state index in [1.54, 1.807) is 7.11 Å². The average molecular weight is 431 g/mol.